The number of nitrogens with zero attached hydrogens (tertiary/aromatic N) is 1. The molecule has 0 saturated heterocycles. The molecule has 0 amide bonds. The molecule has 0 aliphatic rings. The van der Waals surface area contributed by atoms with Crippen molar-refractivity contribution in [3.05, 3.63) is 42.5 Å². The van der Waals surface area contributed by atoms with Gasteiger partial charge in [0.1, 0.15) is 0 Å². The summed E-state index contributed by atoms with van der Waals surface area (Å²) in [6.45, 7) is 12.2. The average Bonchev–Trinajstić information content (AvgIpc) is 2.34. The molecule has 0 heterocycles. The van der Waals surface area contributed by atoms with Gasteiger partial charge in [0, 0.05) is 25.3 Å². The molecule has 1 N–H and O–H groups in total. The molecule has 2 nitrogen and oxygen atoms in total. The van der Waals surface area contributed by atoms with Crippen molar-refractivity contribution >= 4 is 5.69 Å². The number of nitrogens with one attached hydrogen (secondary N) is 1. The van der Waals surface area contributed by atoms with Crippen molar-refractivity contribution in [2.75, 3.05) is 31.1 Å². The van der Waals surface area contributed by atoms with Crippen LogP contribution >= 0.6 is 0 Å². The summed E-state index contributed by atoms with van der Waals surface area (Å²) in [5, 5.41) is 3.30. The van der Waals surface area contributed by atoms with Crippen LogP contribution < -0.4 is 10.2 Å². The van der Waals surface area contributed by atoms with E-state index in [-0.39, 0.29) is 0 Å². The topological polar surface area (TPSA) is 15.3 Å². The van der Waals surface area contributed by atoms with Gasteiger partial charge >= 0.3 is 0 Å². The number of rotatable bonds is 7. The van der Waals surface area contributed by atoms with Crippen LogP contribution in [0.25, 0.3) is 0 Å². The lowest BCUT2D eigenvalue weighted by molar-refractivity contribution is 0.750. The van der Waals surface area contributed by atoms with E-state index in [1.807, 2.05) is 6.07 Å². The Bertz CT molecular complexity index is 306. The Balaban J connectivity index is 2.52. The number of benzene rings is 1. The summed E-state index contributed by atoms with van der Waals surface area (Å²) >= 11 is 0. The fourth-order valence-corrected chi connectivity index (χ4v) is 1.65. The molecule has 1 rings (SSSR count). The maximum atomic E-state index is 4.10. The molecule has 2 heteroatoms. The van der Waals surface area contributed by atoms with E-state index in [2.05, 4.69) is 54.9 Å². The summed E-state index contributed by atoms with van der Waals surface area (Å²) < 4.78 is 0. The summed E-state index contributed by atoms with van der Waals surface area (Å²) in [5.41, 5.74) is 2.50. The maximum Gasteiger partial charge on any atom is 0.0398 e. The highest BCUT2D eigenvalue weighted by molar-refractivity contribution is 5.47. The fourth-order valence-electron chi connectivity index (χ4n) is 1.65. The largest absolute Gasteiger partial charge is 0.368 e. The van der Waals surface area contributed by atoms with Crippen LogP contribution in [0.15, 0.2) is 42.5 Å². The van der Waals surface area contributed by atoms with Crippen molar-refractivity contribution in [2.45, 2.75) is 13.8 Å². The molecule has 0 aliphatic carbocycles. The monoisotopic (exact) mass is 218 g/mol. The second-order valence-corrected chi connectivity index (χ2v) is 3.88. The second kappa shape index (κ2) is 7.07. The normalized spacial score (nSPS) is 10.1. The predicted molar refractivity (Wildman–Crippen MR) is 72.0 cm³/mol. The zero-order valence-corrected chi connectivity index (χ0v) is 10.4. The van der Waals surface area contributed by atoms with E-state index in [0.29, 0.717) is 0 Å². The standard InChI is InChI=1S/C14H22N2/c1-4-15-11-13(3)12-16(5-2)14-9-7-6-8-10-14/h6-10,15H,3-5,11-12H2,1-2H3. The Labute approximate surface area is 99.0 Å². The van der Waals surface area contributed by atoms with Crippen molar-refractivity contribution < 1.29 is 0 Å². The Hall–Kier alpha value is -1.28. The molecule has 1 aromatic rings. The Kier molecular flexibility index (Phi) is 5.65. The van der Waals surface area contributed by atoms with Crippen LogP contribution in [0.1, 0.15) is 13.8 Å². The third-order valence-electron chi connectivity index (χ3n) is 2.54. The molecule has 16 heavy (non-hydrogen) atoms. The molecule has 0 spiro atoms. The van der Waals surface area contributed by atoms with E-state index in [0.717, 1.165) is 26.2 Å². The van der Waals surface area contributed by atoms with Crippen LogP contribution in [-0.2, 0) is 0 Å². The molecular weight excluding hydrogens is 196 g/mol. The maximum absolute atomic E-state index is 4.10. The molecule has 0 radical (unpaired) electrons. The lowest BCUT2D eigenvalue weighted by Gasteiger charge is -2.24. The van der Waals surface area contributed by atoms with Crippen molar-refractivity contribution in [2.24, 2.45) is 0 Å². The van der Waals surface area contributed by atoms with Crippen LogP contribution in [-0.4, -0.2) is 26.2 Å². The molecule has 0 aliphatic heterocycles. The van der Waals surface area contributed by atoms with Gasteiger partial charge in [0.25, 0.3) is 0 Å². The van der Waals surface area contributed by atoms with Gasteiger partial charge in [-0.05, 0) is 31.2 Å². The highest BCUT2D eigenvalue weighted by Crippen LogP contribution is 2.13. The van der Waals surface area contributed by atoms with Crippen LogP contribution in [0, 0.1) is 0 Å². The summed E-state index contributed by atoms with van der Waals surface area (Å²) in [6, 6.07) is 10.5. The zero-order chi connectivity index (χ0) is 11.8. The first kappa shape index (κ1) is 12.8. The highest BCUT2D eigenvalue weighted by atomic mass is 15.1. The SMILES string of the molecule is C=C(CNCC)CN(CC)c1ccccc1. The Morgan fingerprint density at radius 3 is 2.50 bits per heavy atom. The Morgan fingerprint density at radius 2 is 1.94 bits per heavy atom. The van der Waals surface area contributed by atoms with E-state index in [1.54, 1.807) is 0 Å². The van der Waals surface area contributed by atoms with Crippen LogP contribution in [0.3, 0.4) is 0 Å². The van der Waals surface area contributed by atoms with Gasteiger partial charge < -0.3 is 10.2 Å². The summed E-state index contributed by atoms with van der Waals surface area (Å²) in [6.07, 6.45) is 0. The number of para-hydroxylation sites is 1. The van der Waals surface area contributed by atoms with Gasteiger partial charge in [-0.2, -0.15) is 0 Å². The van der Waals surface area contributed by atoms with Crippen molar-refractivity contribution in [1.29, 1.82) is 0 Å². The first-order valence-electron chi connectivity index (χ1n) is 5.95. The number of anilines is 1. The Morgan fingerprint density at radius 1 is 1.25 bits per heavy atom. The third kappa shape index (κ3) is 4.07. The number of hydrogen-bond donors (Lipinski definition) is 1. The summed E-state index contributed by atoms with van der Waals surface area (Å²) in [5.74, 6) is 0. The van der Waals surface area contributed by atoms with E-state index in [9.17, 15) is 0 Å². The number of likely N-dealkylation sites (N-methyl/N-ethyl adjacent to an activating group) is 2. The van der Waals surface area contributed by atoms with E-state index in [4.69, 9.17) is 0 Å². The smallest absolute Gasteiger partial charge is 0.0398 e. The van der Waals surface area contributed by atoms with E-state index >= 15 is 0 Å². The fraction of sp³-hybridized carbons (Fsp3) is 0.429. The van der Waals surface area contributed by atoms with Crippen molar-refractivity contribution in [3.8, 4) is 0 Å². The molecule has 0 fully saturated rings. The minimum atomic E-state index is 0.903. The average molecular weight is 218 g/mol. The predicted octanol–water partition coefficient (Wildman–Crippen LogP) is 2.68. The highest BCUT2D eigenvalue weighted by Gasteiger charge is 2.04. The quantitative estimate of drug-likeness (QED) is 0.708. The van der Waals surface area contributed by atoms with Crippen LogP contribution in [0.4, 0.5) is 5.69 Å². The molecule has 0 unspecified atom stereocenters. The van der Waals surface area contributed by atoms with Crippen LogP contribution in [0.2, 0.25) is 0 Å². The number of hydrogen-bond acceptors (Lipinski definition) is 2. The lowest BCUT2D eigenvalue weighted by Crippen LogP contribution is -2.28. The summed E-state index contributed by atoms with van der Waals surface area (Å²) in [7, 11) is 0. The molecule has 0 aromatic heterocycles. The molecular formula is C14H22N2. The molecule has 88 valence electrons. The molecule has 0 saturated carbocycles. The summed E-state index contributed by atoms with van der Waals surface area (Å²) in [4.78, 5) is 2.33. The van der Waals surface area contributed by atoms with Gasteiger partial charge in [0.2, 0.25) is 0 Å². The van der Waals surface area contributed by atoms with Gasteiger partial charge in [-0.25, -0.2) is 0 Å². The van der Waals surface area contributed by atoms with E-state index in [1.165, 1.54) is 11.3 Å². The van der Waals surface area contributed by atoms with Crippen LogP contribution in [0.5, 0.6) is 0 Å². The first-order chi connectivity index (χ1) is 7.77. The van der Waals surface area contributed by atoms with Gasteiger partial charge in [0.15, 0.2) is 0 Å². The molecule has 0 atom stereocenters. The van der Waals surface area contributed by atoms with Gasteiger partial charge in [-0.15, -0.1) is 0 Å². The second-order valence-electron chi connectivity index (χ2n) is 3.88. The third-order valence-corrected chi connectivity index (χ3v) is 2.54. The minimum Gasteiger partial charge on any atom is -0.368 e. The van der Waals surface area contributed by atoms with Crippen molar-refractivity contribution in [3.63, 3.8) is 0 Å². The van der Waals surface area contributed by atoms with E-state index < -0.39 is 0 Å². The minimum absolute atomic E-state index is 0.903. The lowest BCUT2D eigenvalue weighted by atomic mass is 10.2. The molecule has 1 aromatic carbocycles. The van der Waals surface area contributed by atoms with Crippen molar-refractivity contribution in [1.82, 2.24) is 5.32 Å². The molecule has 0 bridgehead atoms. The van der Waals surface area contributed by atoms with Gasteiger partial charge in [0.05, 0.1) is 0 Å². The first-order valence-corrected chi connectivity index (χ1v) is 5.95. The van der Waals surface area contributed by atoms with Gasteiger partial charge in [-0.1, -0.05) is 31.7 Å². The van der Waals surface area contributed by atoms with Gasteiger partial charge in [-0.3, -0.25) is 0 Å². The zero-order valence-electron chi connectivity index (χ0n) is 10.4.